The monoisotopic (exact) mass is 282 g/mol. The zero-order chi connectivity index (χ0) is 14.8. The molecule has 1 aliphatic rings. The van der Waals surface area contributed by atoms with E-state index in [1.165, 1.54) is 4.57 Å². The minimum absolute atomic E-state index is 0.0572. The van der Waals surface area contributed by atoms with Crippen LogP contribution in [-0.2, 0) is 11.3 Å². The third kappa shape index (κ3) is 2.72. The van der Waals surface area contributed by atoms with Crippen LogP contribution in [-0.4, -0.2) is 15.0 Å². The van der Waals surface area contributed by atoms with Crippen molar-refractivity contribution in [1.82, 2.24) is 9.13 Å². The molecular weight excluding hydrogens is 268 g/mol. The molecule has 1 N–H and O–H groups in total. The summed E-state index contributed by atoms with van der Waals surface area (Å²) in [6.45, 7) is -0.0572. The van der Waals surface area contributed by atoms with E-state index >= 15 is 0 Å². The van der Waals surface area contributed by atoms with E-state index in [4.69, 9.17) is 5.26 Å². The van der Waals surface area contributed by atoms with Gasteiger partial charge in [-0.3, -0.25) is 13.9 Å². The fraction of sp³-hybridized carbons (Fsp3) is 0.267. The van der Waals surface area contributed by atoms with Gasteiger partial charge in [-0.15, -0.1) is 0 Å². The van der Waals surface area contributed by atoms with Crippen LogP contribution in [0.25, 0.3) is 0 Å². The Kier molecular flexibility index (Phi) is 3.32. The highest BCUT2D eigenvalue weighted by atomic mass is 16.2. The maximum atomic E-state index is 12.1. The van der Waals surface area contributed by atoms with Gasteiger partial charge >= 0.3 is 5.69 Å². The summed E-state index contributed by atoms with van der Waals surface area (Å²) in [6, 6.07) is 9.07. The van der Waals surface area contributed by atoms with Gasteiger partial charge in [-0.2, -0.15) is 5.26 Å². The molecule has 1 heterocycles. The maximum Gasteiger partial charge on any atom is 0.328 e. The minimum Gasteiger partial charge on any atom is -0.323 e. The molecule has 1 aromatic carbocycles. The quantitative estimate of drug-likeness (QED) is 0.922. The highest BCUT2D eigenvalue weighted by Gasteiger charge is 2.25. The Morgan fingerprint density at radius 3 is 2.81 bits per heavy atom. The normalized spacial score (nSPS) is 13.7. The Balaban J connectivity index is 1.72. The Labute approximate surface area is 121 Å². The number of nitrogens with zero attached hydrogens (tertiary/aromatic N) is 3. The number of carbonyl (C=O) groups is 1. The molecule has 3 rings (SSSR count). The van der Waals surface area contributed by atoms with Gasteiger partial charge in [0.2, 0.25) is 5.91 Å². The highest BCUT2D eigenvalue weighted by molar-refractivity contribution is 5.91. The van der Waals surface area contributed by atoms with Gasteiger partial charge in [0, 0.05) is 18.4 Å². The standard InChI is InChI=1S/C15H14N4O2/c16-9-11-3-1-2-4-13(11)17-14(20)10-18-7-8-19(15(18)21)12-5-6-12/h1-4,7-8,12H,5-6,10H2,(H,17,20). The van der Waals surface area contributed by atoms with Crippen molar-refractivity contribution in [2.24, 2.45) is 0 Å². The first kappa shape index (κ1) is 13.2. The van der Waals surface area contributed by atoms with E-state index in [1.807, 2.05) is 6.07 Å². The topological polar surface area (TPSA) is 79.8 Å². The molecule has 0 atom stereocenters. The van der Waals surface area contributed by atoms with Crippen molar-refractivity contribution in [3.8, 4) is 6.07 Å². The number of imidazole rings is 1. The number of carbonyl (C=O) groups excluding carboxylic acids is 1. The predicted octanol–water partition coefficient (Wildman–Crippen LogP) is 1.50. The van der Waals surface area contributed by atoms with Crippen LogP contribution < -0.4 is 11.0 Å². The van der Waals surface area contributed by atoms with Crippen LogP contribution >= 0.6 is 0 Å². The molecule has 0 radical (unpaired) electrons. The second-order valence-corrected chi connectivity index (χ2v) is 5.05. The number of benzene rings is 1. The van der Waals surface area contributed by atoms with Crippen molar-refractivity contribution in [1.29, 1.82) is 5.26 Å². The number of hydrogen-bond acceptors (Lipinski definition) is 3. The molecule has 1 fully saturated rings. The van der Waals surface area contributed by atoms with Crippen molar-refractivity contribution >= 4 is 11.6 Å². The van der Waals surface area contributed by atoms with Gasteiger partial charge < -0.3 is 5.32 Å². The molecular formula is C15H14N4O2. The summed E-state index contributed by atoms with van der Waals surface area (Å²) in [5, 5.41) is 11.6. The molecule has 1 aliphatic carbocycles. The van der Waals surface area contributed by atoms with Gasteiger partial charge in [-0.1, -0.05) is 12.1 Å². The van der Waals surface area contributed by atoms with E-state index in [0.29, 0.717) is 17.3 Å². The van der Waals surface area contributed by atoms with Gasteiger partial charge in [0.25, 0.3) is 0 Å². The Bertz CT molecular complexity index is 777. The molecule has 1 saturated carbocycles. The molecule has 0 saturated heterocycles. The average Bonchev–Trinajstić information content (AvgIpc) is 3.26. The van der Waals surface area contributed by atoms with E-state index < -0.39 is 0 Å². The van der Waals surface area contributed by atoms with Gasteiger partial charge in [0.1, 0.15) is 12.6 Å². The molecule has 1 aromatic heterocycles. The number of anilines is 1. The number of para-hydroxylation sites is 1. The van der Waals surface area contributed by atoms with Crippen LogP contribution in [0.3, 0.4) is 0 Å². The van der Waals surface area contributed by atoms with Gasteiger partial charge in [-0.05, 0) is 25.0 Å². The van der Waals surface area contributed by atoms with E-state index in [1.54, 1.807) is 41.2 Å². The molecule has 0 unspecified atom stereocenters. The first-order valence-electron chi connectivity index (χ1n) is 6.75. The van der Waals surface area contributed by atoms with Crippen LogP contribution in [0.4, 0.5) is 5.69 Å². The third-order valence-electron chi connectivity index (χ3n) is 3.45. The third-order valence-corrected chi connectivity index (χ3v) is 3.45. The van der Waals surface area contributed by atoms with Crippen molar-refractivity contribution < 1.29 is 4.79 Å². The van der Waals surface area contributed by atoms with Gasteiger partial charge in [-0.25, -0.2) is 4.79 Å². The molecule has 21 heavy (non-hydrogen) atoms. The van der Waals surface area contributed by atoms with E-state index in [9.17, 15) is 9.59 Å². The Hall–Kier alpha value is -2.81. The summed E-state index contributed by atoms with van der Waals surface area (Å²) in [6.07, 6.45) is 5.38. The van der Waals surface area contributed by atoms with Crippen LogP contribution in [0.15, 0.2) is 41.5 Å². The molecule has 1 amide bonds. The molecule has 106 valence electrons. The fourth-order valence-electron chi connectivity index (χ4n) is 2.21. The maximum absolute atomic E-state index is 12.1. The van der Waals surface area contributed by atoms with Crippen LogP contribution in [0.5, 0.6) is 0 Å². The van der Waals surface area contributed by atoms with Crippen molar-refractivity contribution in [2.75, 3.05) is 5.32 Å². The highest BCUT2D eigenvalue weighted by Crippen LogP contribution is 2.33. The second-order valence-electron chi connectivity index (χ2n) is 5.05. The molecule has 0 bridgehead atoms. The summed E-state index contributed by atoms with van der Waals surface area (Å²) in [7, 11) is 0. The summed E-state index contributed by atoms with van der Waals surface area (Å²) in [5.41, 5.74) is 0.689. The van der Waals surface area contributed by atoms with Gasteiger partial charge in [0.05, 0.1) is 11.3 Å². The van der Waals surface area contributed by atoms with Crippen LogP contribution in [0.1, 0.15) is 24.4 Å². The Morgan fingerprint density at radius 2 is 2.10 bits per heavy atom. The molecule has 0 aliphatic heterocycles. The molecule has 6 nitrogen and oxygen atoms in total. The zero-order valence-electron chi connectivity index (χ0n) is 11.3. The number of aromatic nitrogens is 2. The smallest absolute Gasteiger partial charge is 0.323 e. The summed E-state index contributed by atoms with van der Waals surface area (Å²) in [5.74, 6) is -0.326. The minimum atomic E-state index is -0.326. The number of nitriles is 1. The lowest BCUT2D eigenvalue weighted by atomic mass is 10.2. The Morgan fingerprint density at radius 1 is 1.33 bits per heavy atom. The van der Waals surface area contributed by atoms with Crippen molar-refractivity contribution in [2.45, 2.75) is 25.4 Å². The number of amides is 1. The number of nitrogens with one attached hydrogen (secondary N) is 1. The molecule has 6 heteroatoms. The van der Waals surface area contributed by atoms with Crippen molar-refractivity contribution in [3.63, 3.8) is 0 Å². The fourth-order valence-corrected chi connectivity index (χ4v) is 2.21. The lowest BCUT2D eigenvalue weighted by Crippen LogP contribution is -2.29. The van der Waals surface area contributed by atoms with E-state index in [2.05, 4.69) is 5.32 Å². The lowest BCUT2D eigenvalue weighted by Gasteiger charge is -2.06. The van der Waals surface area contributed by atoms with E-state index in [-0.39, 0.29) is 18.1 Å². The SMILES string of the molecule is N#Cc1ccccc1NC(=O)Cn1ccn(C2CC2)c1=O. The first-order valence-corrected chi connectivity index (χ1v) is 6.75. The number of rotatable bonds is 4. The number of hydrogen-bond donors (Lipinski definition) is 1. The van der Waals surface area contributed by atoms with Crippen molar-refractivity contribution in [3.05, 3.63) is 52.7 Å². The summed E-state index contributed by atoms with van der Waals surface area (Å²) in [4.78, 5) is 24.1. The average molecular weight is 282 g/mol. The molecule has 0 spiro atoms. The van der Waals surface area contributed by atoms with Crippen LogP contribution in [0, 0.1) is 11.3 Å². The predicted molar refractivity (Wildman–Crippen MR) is 76.7 cm³/mol. The van der Waals surface area contributed by atoms with E-state index in [0.717, 1.165) is 12.8 Å². The zero-order valence-corrected chi connectivity index (χ0v) is 11.3. The summed E-state index contributed by atoms with van der Waals surface area (Å²) < 4.78 is 3.04. The second kappa shape index (κ2) is 5.29. The lowest BCUT2D eigenvalue weighted by molar-refractivity contribution is -0.116. The van der Waals surface area contributed by atoms with Gasteiger partial charge in [0.15, 0.2) is 0 Å². The first-order chi connectivity index (χ1) is 10.2. The molecule has 2 aromatic rings. The summed E-state index contributed by atoms with van der Waals surface area (Å²) >= 11 is 0. The van der Waals surface area contributed by atoms with Crippen LogP contribution in [0.2, 0.25) is 0 Å². The largest absolute Gasteiger partial charge is 0.328 e.